The van der Waals surface area contributed by atoms with E-state index in [9.17, 15) is 9.18 Å². The van der Waals surface area contributed by atoms with Crippen molar-refractivity contribution in [2.45, 2.75) is 6.61 Å². The number of aromatic nitrogens is 1. The highest BCUT2D eigenvalue weighted by Gasteiger charge is 2.14. The van der Waals surface area contributed by atoms with E-state index in [4.69, 9.17) is 15.2 Å². The van der Waals surface area contributed by atoms with Gasteiger partial charge in [0, 0.05) is 17.4 Å². The predicted molar refractivity (Wildman–Crippen MR) is 70.7 cm³/mol. The summed E-state index contributed by atoms with van der Waals surface area (Å²) in [6.07, 6.45) is 2.50. The van der Waals surface area contributed by atoms with Crippen LogP contribution in [-0.4, -0.2) is 18.1 Å². The van der Waals surface area contributed by atoms with Gasteiger partial charge in [0.2, 0.25) is 0 Å². The van der Waals surface area contributed by atoms with Crippen molar-refractivity contribution in [1.82, 2.24) is 4.98 Å². The minimum atomic E-state index is -0.599. The standard InChI is InChI=1S/C14H13FN2O3/c1-19-13-3-2-11(16)5-12(13)14(18)20-8-9-4-10(15)7-17-6-9/h2-7H,8,16H2,1H3. The number of hydrogen-bond acceptors (Lipinski definition) is 5. The van der Waals surface area contributed by atoms with E-state index in [1.165, 1.54) is 25.4 Å². The lowest BCUT2D eigenvalue weighted by atomic mass is 10.2. The number of halogens is 1. The van der Waals surface area contributed by atoms with Crippen molar-refractivity contribution in [3.8, 4) is 5.75 Å². The third kappa shape index (κ3) is 3.23. The van der Waals surface area contributed by atoms with Crippen LogP contribution in [0.25, 0.3) is 0 Å². The number of hydrogen-bond donors (Lipinski definition) is 1. The summed E-state index contributed by atoms with van der Waals surface area (Å²) in [4.78, 5) is 15.6. The van der Waals surface area contributed by atoms with Crippen molar-refractivity contribution in [1.29, 1.82) is 0 Å². The molecule has 0 unspecified atom stereocenters. The molecule has 6 heteroatoms. The summed E-state index contributed by atoms with van der Waals surface area (Å²) >= 11 is 0. The van der Waals surface area contributed by atoms with Gasteiger partial charge in [-0.05, 0) is 24.3 Å². The van der Waals surface area contributed by atoms with Gasteiger partial charge in [-0.25, -0.2) is 9.18 Å². The van der Waals surface area contributed by atoms with E-state index in [1.54, 1.807) is 12.1 Å². The van der Waals surface area contributed by atoms with Crippen LogP contribution in [0.1, 0.15) is 15.9 Å². The zero-order chi connectivity index (χ0) is 14.5. The summed E-state index contributed by atoms with van der Waals surface area (Å²) in [5, 5.41) is 0. The van der Waals surface area contributed by atoms with Crippen LogP contribution in [0.15, 0.2) is 36.7 Å². The van der Waals surface area contributed by atoms with E-state index in [0.717, 1.165) is 6.20 Å². The molecule has 0 atom stereocenters. The Morgan fingerprint density at radius 3 is 2.85 bits per heavy atom. The first-order chi connectivity index (χ1) is 9.60. The number of carbonyl (C=O) groups excluding carboxylic acids is 1. The highest BCUT2D eigenvalue weighted by molar-refractivity contribution is 5.93. The molecule has 2 N–H and O–H groups in total. The Balaban J connectivity index is 2.10. The molecule has 1 aromatic heterocycles. The van der Waals surface area contributed by atoms with Crippen molar-refractivity contribution in [3.05, 3.63) is 53.6 Å². The van der Waals surface area contributed by atoms with E-state index in [0.29, 0.717) is 17.0 Å². The van der Waals surface area contributed by atoms with Crippen LogP contribution in [0.3, 0.4) is 0 Å². The van der Waals surface area contributed by atoms with Gasteiger partial charge in [-0.15, -0.1) is 0 Å². The molecule has 20 heavy (non-hydrogen) atoms. The smallest absolute Gasteiger partial charge is 0.342 e. The number of nitrogens with zero attached hydrogens (tertiary/aromatic N) is 1. The second kappa shape index (κ2) is 6.01. The van der Waals surface area contributed by atoms with E-state index < -0.39 is 11.8 Å². The van der Waals surface area contributed by atoms with Gasteiger partial charge in [0.15, 0.2) is 0 Å². The summed E-state index contributed by atoms with van der Waals surface area (Å²) < 4.78 is 23.1. The summed E-state index contributed by atoms with van der Waals surface area (Å²) in [5.41, 5.74) is 6.72. The number of nitrogens with two attached hydrogens (primary N) is 1. The van der Waals surface area contributed by atoms with Crippen LogP contribution >= 0.6 is 0 Å². The predicted octanol–water partition coefficient (Wildman–Crippen LogP) is 2.17. The number of benzene rings is 1. The second-order valence-electron chi connectivity index (χ2n) is 4.05. The minimum absolute atomic E-state index is 0.0818. The SMILES string of the molecule is COc1ccc(N)cc1C(=O)OCc1cncc(F)c1. The maximum Gasteiger partial charge on any atom is 0.342 e. The summed E-state index contributed by atoms with van der Waals surface area (Å²) in [6, 6.07) is 5.91. The van der Waals surface area contributed by atoms with Gasteiger partial charge in [-0.2, -0.15) is 0 Å². The molecule has 0 fully saturated rings. The average molecular weight is 276 g/mol. The molecule has 0 spiro atoms. The van der Waals surface area contributed by atoms with Crippen LogP contribution in [0, 0.1) is 5.82 Å². The van der Waals surface area contributed by atoms with Gasteiger partial charge in [0.1, 0.15) is 23.7 Å². The molecule has 2 rings (SSSR count). The van der Waals surface area contributed by atoms with Gasteiger partial charge >= 0.3 is 5.97 Å². The van der Waals surface area contributed by atoms with Crippen LogP contribution in [0.5, 0.6) is 5.75 Å². The van der Waals surface area contributed by atoms with Gasteiger partial charge in [-0.1, -0.05) is 0 Å². The lowest BCUT2D eigenvalue weighted by Crippen LogP contribution is -2.08. The molecule has 104 valence electrons. The van der Waals surface area contributed by atoms with Crippen LogP contribution in [-0.2, 0) is 11.3 Å². The van der Waals surface area contributed by atoms with E-state index in [-0.39, 0.29) is 12.2 Å². The average Bonchev–Trinajstić information content (AvgIpc) is 2.45. The first kappa shape index (κ1) is 13.8. The van der Waals surface area contributed by atoms with Crippen molar-refractivity contribution < 1.29 is 18.7 Å². The molecule has 0 bridgehead atoms. The summed E-state index contributed by atoms with van der Waals surface area (Å²) in [7, 11) is 1.44. The van der Waals surface area contributed by atoms with Crippen LogP contribution in [0.4, 0.5) is 10.1 Å². The molecule has 0 saturated carbocycles. The quantitative estimate of drug-likeness (QED) is 0.684. The van der Waals surface area contributed by atoms with E-state index in [1.807, 2.05) is 0 Å². The fraction of sp³-hybridized carbons (Fsp3) is 0.143. The van der Waals surface area contributed by atoms with Crippen molar-refractivity contribution in [3.63, 3.8) is 0 Å². The number of anilines is 1. The monoisotopic (exact) mass is 276 g/mol. The Bertz CT molecular complexity index is 632. The molecular formula is C14H13FN2O3. The zero-order valence-corrected chi connectivity index (χ0v) is 10.8. The van der Waals surface area contributed by atoms with E-state index >= 15 is 0 Å². The molecule has 0 aliphatic rings. The Labute approximate surface area is 115 Å². The Morgan fingerprint density at radius 1 is 1.35 bits per heavy atom. The maximum atomic E-state index is 12.9. The normalized spacial score (nSPS) is 10.1. The molecule has 2 aromatic rings. The topological polar surface area (TPSA) is 74.4 Å². The first-order valence-electron chi connectivity index (χ1n) is 5.80. The third-order valence-corrected chi connectivity index (χ3v) is 2.57. The first-order valence-corrected chi connectivity index (χ1v) is 5.80. The number of nitrogen functional groups attached to an aromatic ring is 1. The lowest BCUT2D eigenvalue weighted by molar-refractivity contribution is 0.0468. The number of esters is 1. The number of methoxy groups -OCH3 is 1. The third-order valence-electron chi connectivity index (χ3n) is 2.57. The van der Waals surface area contributed by atoms with E-state index in [2.05, 4.69) is 4.98 Å². The number of rotatable bonds is 4. The highest BCUT2D eigenvalue weighted by atomic mass is 19.1. The highest BCUT2D eigenvalue weighted by Crippen LogP contribution is 2.22. The molecule has 0 aliphatic heterocycles. The lowest BCUT2D eigenvalue weighted by Gasteiger charge is -2.09. The van der Waals surface area contributed by atoms with Crippen molar-refractivity contribution in [2.24, 2.45) is 0 Å². The molecule has 0 saturated heterocycles. The van der Waals surface area contributed by atoms with Gasteiger partial charge in [0.25, 0.3) is 0 Å². The van der Waals surface area contributed by atoms with Crippen LogP contribution < -0.4 is 10.5 Å². The van der Waals surface area contributed by atoms with Gasteiger partial charge < -0.3 is 15.2 Å². The molecule has 5 nitrogen and oxygen atoms in total. The van der Waals surface area contributed by atoms with Gasteiger partial charge in [0.05, 0.1) is 13.3 Å². The Morgan fingerprint density at radius 2 is 2.15 bits per heavy atom. The number of ether oxygens (including phenoxy) is 2. The van der Waals surface area contributed by atoms with Crippen LogP contribution in [0.2, 0.25) is 0 Å². The Hall–Kier alpha value is -2.63. The fourth-order valence-corrected chi connectivity index (χ4v) is 1.65. The zero-order valence-electron chi connectivity index (χ0n) is 10.8. The largest absolute Gasteiger partial charge is 0.496 e. The number of carbonyl (C=O) groups is 1. The van der Waals surface area contributed by atoms with Gasteiger partial charge in [-0.3, -0.25) is 4.98 Å². The van der Waals surface area contributed by atoms with Crippen molar-refractivity contribution in [2.75, 3.05) is 12.8 Å². The fourth-order valence-electron chi connectivity index (χ4n) is 1.65. The molecule has 0 aliphatic carbocycles. The molecule has 0 radical (unpaired) electrons. The maximum absolute atomic E-state index is 12.9. The summed E-state index contributed by atoms with van der Waals surface area (Å²) in [5.74, 6) is -0.722. The molecule has 1 heterocycles. The minimum Gasteiger partial charge on any atom is -0.496 e. The molecular weight excluding hydrogens is 263 g/mol. The molecule has 1 aromatic carbocycles. The number of pyridine rings is 1. The second-order valence-corrected chi connectivity index (χ2v) is 4.05. The molecule has 0 amide bonds. The Kier molecular flexibility index (Phi) is 4.14. The summed E-state index contributed by atoms with van der Waals surface area (Å²) in [6.45, 7) is -0.0818. The van der Waals surface area contributed by atoms with Crippen molar-refractivity contribution >= 4 is 11.7 Å².